The van der Waals surface area contributed by atoms with Crippen LogP contribution in [0.2, 0.25) is 0 Å². The molecular weight excluding hydrogens is 560 g/mol. The summed E-state index contributed by atoms with van der Waals surface area (Å²) in [4.78, 5) is 4.97. The van der Waals surface area contributed by atoms with Gasteiger partial charge in [0.25, 0.3) is 0 Å². The summed E-state index contributed by atoms with van der Waals surface area (Å²) >= 11 is 0. The molecule has 1 aliphatic rings. The van der Waals surface area contributed by atoms with Gasteiger partial charge in [0.1, 0.15) is 6.61 Å². The average Bonchev–Trinajstić information content (AvgIpc) is 3.54. The molecule has 8 nitrogen and oxygen atoms in total. The van der Waals surface area contributed by atoms with Gasteiger partial charge in [-0.05, 0) is 64.2 Å². The molecule has 0 unspecified atom stereocenters. The van der Waals surface area contributed by atoms with Gasteiger partial charge in [-0.3, -0.25) is 9.80 Å². The van der Waals surface area contributed by atoms with Gasteiger partial charge in [0.05, 0.1) is 18.8 Å². The van der Waals surface area contributed by atoms with E-state index in [0.29, 0.717) is 18.1 Å². The van der Waals surface area contributed by atoms with E-state index in [-0.39, 0.29) is 6.04 Å². The first-order chi connectivity index (χ1) is 22.1. The van der Waals surface area contributed by atoms with Crippen LogP contribution < -0.4 is 9.47 Å². The van der Waals surface area contributed by atoms with E-state index in [9.17, 15) is 0 Å². The Morgan fingerprint density at radius 3 is 2.22 bits per heavy atom. The predicted molar refractivity (Wildman–Crippen MR) is 178 cm³/mol. The van der Waals surface area contributed by atoms with Crippen LogP contribution in [0, 0.1) is 13.8 Å². The highest BCUT2D eigenvalue weighted by Crippen LogP contribution is 2.36. The minimum absolute atomic E-state index is 0.182. The lowest BCUT2D eigenvalue weighted by atomic mass is 10.0. The van der Waals surface area contributed by atoms with Crippen molar-refractivity contribution in [3.05, 3.63) is 137 Å². The largest absolute Gasteiger partial charge is 0.493 e. The van der Waals surface area contributed by atoms with Crippen molar-refractivity contribution in [2.45, 2.75) is 26.5 Å². The third kappa shape index (κ3) is 7.14. The van der Waals surface area contributed by atoms with Crippen LogP contribution >= 0.6 is 0 Å². The van der Waals surface area contributed by atoms with Crippen molar-refractivity contribution < 1.29 is 9.47 Å². The third-order valence-corrected chi connectivity index (χ3v) is 8.38. The lowest BCUT2D eigenvalue weighted by Gasteiger charge is -2.38. The molecule has 0 spiro atoms. The molecule has 5 aromatic rings. The Morgan fingerprint density at radius 2 is 1.51 bits per heavy atom. The monoisotopic (exact) mass is 600 g/mol. The fourth-order valence-corrected chi connectivity index (χ4v) is 6.00. The molecule has 0 N–H and O–H groups in total. The van der Waals surface area contributed by atoms with Crippen molar-refractivity contribution >= 4 is 6.08 Å². The lowest BCUT2D eigenvalue weighted by molar-refractivity contribution is 0.113. The van der Waals surface area contributed by atoms with Crippen LogP contribution in [-0.2, 0) is 6.61 Å². The highest BCUT2D eigenvalue weighted by atomic mass is 16.5. The van der Waals surface area contributed by atoms with E-state index in [2.05, 4.69) is 118 Å². The average molecular weight is 601 g/mol. The normalized spacial score (nSPS) is 14.9. The molecule has 8 heteroatoms. The van der Waals surface area contributed by atoms with Crippen LogP contribution in [0.5, 0.6) is 11.5 Å². The van der Waals surface area contributed by atoms with Crippen molar-refractivity contribution in [2.75, 3.05) is 39.8 Å². The van der Waals surface area contributed by atoms with Gasteiger partial charge >= 0.3 is 0 Å². The summed E-state index contributed by atoms with van der Waals surface area (Å²) in [5, 5.41) is 13.3. The Balaban J connectivity index is 1.28. The Hall–Kier alpha value is -4.79. The number of para-hydroxylation sites is 1. The highest BCUT2D eigenvalue weighted by Gasteiger charge is 2.32. The van der Waals surface area contributed by atoms with Crippen molar-refractivity contribution in [1.29, 1.82) is 0 Å². The summed E-state index contributed by atoms with van der Waals surface area (Å²) in [5.41, 5.74) is 6.64. The Kier molecular flexibility index (Phi) is 9.63. The van der Waals surface area contributed by atoms with E-state index in [1.54, 1.807) is 7.11 Å². The fraction of sp³-hybridized carbons (Fsp3) is 0.270. The van der Waals surface area contributed by atoms with Crippen LogP contribution in [0.15, 0.2) is 103 Å². The van der Waals surface area contributed by atoms with Gasteiger partial charge in [-0.25, -0.2) is 0 Å². The number of methoxy groups -OCH3 is 1. The van der Waals surface area contributed by atoms with E-state index in [0.717, 1.165) is 66.5 Å². The third-order valence-electron chi connectivity index (χ3n) is 8.38. The second kappa shape index (κ2) is 14.3. The smallest absolute Gasteiger partial charge is 0.178 e. The molecule has 0 saturated carbocycles. The minimum atomic E-state index is -0.182. The molecule has 1 fully saturated rings. The molecule has 1 atom stereocenters. The molecule has 0 radical (unpaired) electrons. The van der Waals surface area contributed by atoms with Gasteiger partial charge in [0.2, 0.25) is 0 Å². The van der Waals surface area contributed by atoms with Gasteiger partial charge in [0, 0.05) is 32.7 Å². The van der Waals surface area contributed by atoms with Gasteiger partial charge in [-0.15, -0.1) is 5.10 Å². The zero-order valence-corrected chi connectivity index (χ0v) is 26.2. The topological polar surface area (TPSA) is 68.5 Å². The van der Waals surface area contributed by atoms with Crippen molar-refractivity contribution in [1.82, 2.24) is 30.0 Å². The Labute approximate surface area is 265 Å². The summed E-state index contributed by atoms with van der Waals surface area (Å²) in [5.74, 6) is 2.17. The van der Waals surface area contributed by atoms with E-state index < -0.39 is 0 Å². The zero-order valence-electron chi connectivity index (χ0n) is 26.2. The molecule has 4 aromatic carbocycles. The van der Waals surface area contributed by atoms with Crippen LogP contribution in [0.25, 0.3) is 11.8 Å². The molecule has 0 bridgehead atoms. The second-order valence-corrected chi connectivity index (χ2v) is 11.4. The molecule has 6 rings (SSSR count). The molecule has 1 aliphatic heterocycles. The van der Waals surface area contributed by atoms with E-state index >= 15 is 0 Å². The Morgan fingerprint density at radius 1 is 0.800 bits per heavy atom. The first-order valence-electron chi connectivity index (χ1n) is 15.5. The summed E-state index contributed by atoms with van der Waals surface area (Å²) < 4.78 is 14.0. The molecular formula is C37H40N6O2. The predicted octanol–water partition coefficient (Wildman–Crippen LogP) is 6.29. The van der Waals surface area contributed by atoms with Crippen LogP contribution in [0.3, 0.4) is 0 Å². The maximum absolute atomic E-state index is 6.20. The first-order valence-corrected chi connectivity index (χ1v) is 15.5. The van der Waals surface area contributed by atoms with Crippen molar-refractivity contribution in [3.8, 4) is 17.2 Å². The van der Waals surface area contributed by atoms with Crippen molar-refractivity contribution in [2.24, 2.45) is 0 Å². The lowest BCUT2D eigenvalue weighted by Crippen LogP contribution is -2.48. The molecule has 0 amide bonds. The number of aryl methyl sites for hydroxylation is 2. The number of ether oxygens (including phenoxy) is 2. The number of tetrazole rings is 1. The molecule has 1 saturated heterocycles. The summed E-state index contributed by atoms with van der Waals surface area (Å²) in [7, 11) is 1.69. The number of aromatic nitrogens is 4. The summed E-state index contributed by atoms with van der Waals surface area (Å²) in [6.45, 7) is 9.21. The number of hydrogen-bond acceptors (Lipinski definition) is 7. The minimum Gasteiger partial charge on any atom is -0.493 e. The van der Waals surface area contributed by atoms with Crippen LogP contribution in [0.1, 0.15) is 39.7 Å². The fourth-order valence-electron chi connectivity index (χ4n) is 6.00. The maximum Gasteiger partial charge on any atom is 0.178 e. The zero-order chi connectivity index (χ0) is 31.0. The molecule has 2 heterocycles. The Bertz CT molecular complexity index is 1690. The van der Waals surface area contributed by atoms with Crippen LogP contribution in [-0.4, -0.2) is 69.8 Å². The van der Waals surface area contributed by atoms with Gasteiger partial charge in [-0.1, -0.05) is 97.1 Å². The highest BCUT2D eigenvalue weighted by molar-refractivity contribution is 5.50. The van der Waals surface area contributed by atoms with Gasteiger partial charge in [0.15, 0.2) is 17.3 Å². The standard InChI is InChI=1S/C37H40N6O2/c1-28-12-10-13-29(2)35(28)43-37(38-39-40-43)36(42-24-22-41(23-25-42)21-11-18-30-14-6-4-7-15-30)32-19-20-33(34(26-32)44-3)45-27-31-16-8-5-9-17-31/h4-20,26,36H,21-25,27H2,1-3H3/t36-/m0/s1. The summed E-state index contributed by atoms with van der Waals surface area (Å²) in [6, 6.07) is 32.9. The SMILES string of the molecule is COc1cc([C@@H](c2nnnn2-c2c(C)cccc2C)N2CCN(CC=Cc3ccccc3)CC2)ccc1OCc1ccccc1. The molecule has 230 valence electrons. The van der Waals surface area contributed by atoms with Crippen LogP contribution in [0.4, 0.5) is 0 Å². The number of hydrogen-bond donors (Lipinski definition) is 0. The number of piperazine rings is 1. The first kappa shape index (κ1) is 30.2. The number of rotatable bonds is 11. The van der Waals surface area contributed by atoms with E-state index in [1.807, 2.05) is 35.0 Å². The maximum atomic E-state index is 6.20. The molecule has 1 aromatic heterocycles. The molecule has 45 heavy (non-hydrogen) atoms. The quantitative estimate of drug-likeness (QED) is 0.177. The van der Waals surface area contributed by atoms with Gasteiger partial charge in [-0.2, -0.15) is 4.68 Å². The number of nitrogens with zero attached hydrogens (tertiary/aromatic N) is 6. The second-order valence-electron chi connectivity index (χ2n) is 11.4. The van der Waals surface area contributed by atoms with E-state index in [4.69, 9.17) is 9.47 Å². The van der Waals surface area contributed by atoms with E-state index in [1.165, 1.54) is 5.56 Å². The van der Waals surface area contributed by atoms with Gasteiger partial charge < -0.3 is 9.47 Å². The van der Waals surface area contributed by atoms with Crippen molar-refractivity contribution in [3.63, 3.8) is 0 Å². The molecule has 0 aliphatic carbocycles. The summed E-state index contributed by atoms with van der Waals surface area (Å²) in [6.07, 6.45) is 4.45. The number of benzene rings is 4.